The van der Waals surface area contributed by atoms with Crippen LogP contribution in [0.1, 0.15) is 47.3 Å². The minimum atomic E-state index is -0.189. The van der Waals surface area contributed by atoms with Crippen molar-refractivity contribution in [3.63, 3.8) is 0 Å². The van der Waals surface area contributed by atoms with E-state index in [4.69, 9.17) is 5.73 Å². The minimum Gasteiger partial charge on any atom is -0.398 e. The first kappa shape index (κ1) is 27.9. The Kier molecular flexibility index (Phi) is 10.5. The molecule has 2 aromatic carbocycles. The second-order valence-electron chi connectivity index (χ2n) is 9.11. The molecule has 36 heavy (non-hydrogen) atoms. The fourth-order valence-electron chi connectivity index (χ4n) is 4.45. The van der Waals surface area contributed by atoms with E-state index < -0.39 is 0 Å². The van der Waals surface area contributed by atoms with Crippen LogP contribution in [0.25, 0.3) is 5.57 Å². The topological polar surface area (TPSA) is 79.1 Å². The molecule has 8 heteroatoms. The van der Waals surface area contributed by atoms with Crippen LogP contribution >= 0.6 is 15.9 Å². The Morgan fingerprint density at radius 2 is 1.83 bits per heavy atom. The molecule has 2 N–H and O–H groups in total. The molecule has 0 saturated carbocycles. The van der Waals surface area contributed by atoms with Gasteiger partial charge in [-0.3, -0.25) is 9.59 Å². The molecule has 0 aromatic heterocycles. The van der Waals surface area contributed by atoms with Gasteiger partial charge in [-0.25, -0.2) is 0 Å². The van der Waals surface area contributed by atoms with E-state index in [0.29, 0.717) is 12.1 Å². The molecule has 0 aliphatic carbocycles. The number of nitrogens with two attached hydrogens (primary N) is 1. The molecule has 7 nitrogen and oxygen atoms in total. The normalized spacial score (nSPS) is 18.6. The van der Waals surface area contributed by atoms with Crippen LogP contribution in [0.3, 0.4) is 0 Å². The Bertz CT molecular complexity index is 1060. The summed E-state index contributed by atoms with van der Waals surface area (Å²) in [6, 6.07) is 13.3. The van der Waals surface area contributed by atoms with Crippen LogP contribution in [0.4, 0.5) is 5.69 Å². The lowest BCUT2D eigenvalue weighted by molar-refractivity contribution is -0.119. The molecule has 2 aromatic rings. The highest BCUT2D eigenvalue weighted by Crippen LogP contribution is 2.36. The first-order valence-electron chi connectivity index (χ1n) is 12.4. The standard InChI is InChI=1S/C25H29BrN4O2.C3H8O/c1-28-10-2-11-29(14-13-28)25(32)19-5-3-18(4-6-19)24-15-20(9-12-30(24)17-31)22-16-21(26)7-8-23(22)27;1-3-4-2/h3-8,15-17,24H,2,9-14,27H2,1H3;3H2,1-2H3. The zero-order chi connectivity index (χ0) is 26.1. The number of carbonyl (C=O) groups excluding carboxylic acids is 2. The molecule has 4 rings (SSSR count). The predicted octanol–water partition coefficient (Wildman–Crippen LogP) is 4.45. The predicted molar refractivity (Wildman–Crippen MR) is 149 cm³/mol. The number of hydrogen-bond acceptors (Lipinski definition) is 5. The Morgan fingerprint density at radius 3 is 2.50 bits per heavy atom. The smallest absolute Gasteiger partial charge is 0.253 e. The minimum absolute atomic E-state index is 0.0703. The van der Waals surface area contributed by atoms with Crippen LogP contribution in [0, 0.1) is 0 Å². The number of nitrogen functional groups attached to an aromatic ring is 1. The molecule has 2 heterocycles. The zero-order valence-corrected chi connectivity index (χ0v) is 23.0. The van der Waals surface area contributed by atoms with Crippen LogP contribution in [0.5, 0.6) is 0 Å². The van der Waals surface area contributed by atoms with Crippen molar-refractivity contribution in [1.82, 2.24) is 14.7 Å². The van der Waals surface area contributed by atoms with Gasteiger partial charge in [0.15, 0.2) is 0 Å². The average molecular weight is 558 g/mol. The highest BCUT2D eigenvalue weighted by Gasteiger charge is 2.25. The monoisotopic (exact) mass is 556 g/mol. The van der Waals surface area contributed by atoms with Crippen molar-refractivity contribution in [2.24, 2.45) is 0 Å². The maximum absolute atomic E-state index is 13.0. The summed E-state index contributed by atoms with van der Waals surface area (Å²) in [4.78, 5) is 30.7. The molecule has 1 fully saturated rings. The van der Waals surface area contributed by atoms with Gasteiger partial charge in [-0.2, -0.15) is 0 Å². The molecule has 1 saturated heterocycles. The van der Waals surface area contributed by atoms with Crippen molar-refractivity contribution in [3.8, 4) is 0 Å². The number of likely N-dealkylation sites (N-methyl/N-ethyl adjacent to an activating group) is 1. The molecular formula is C28H37BrN4O3. The largest absolute Gasteiger partial charge is 0.398 e. The van der Waals surface area contributed by atoms with Crippen LogP contribution in [-0.4, -0.2) is 80.5 Å². The third kappa shape index (κ3) is 7.18. The van der Waals surface area contributed by atoms with E-state index in [1.54, 1.807) is 12.0 Å². The summed E-state index contributed by atoms with van der Waals surface area (Å²) in [5.41, 5.74) is 10.7. The van der Waals surface area contributed by atoms with E-state index >= 15 is 0 Å². The van der Waals surface area contributed by atoms with Crippen molar-refractivity contribution in [3.05, 3.63) is 69.7 Å². The number of methoxy groups -OCH3 is 1. The van der Waals surface area contributed by atoms with Gasteiger partial charge in [-0.05, 0) is 74.8 Å². The number of carbonyl (C=O) groups is 2. The molecule has 2 aliphatic rings. The molecular weight excluding hydrogens is 520 g/mol. The van der Waals surface area contributed by atoms with Crippen molar-refractivity contribution < 1.29 is 14.3 Å². The van der Waals surface area contributed by atoms with Crippen molar-refractivity contribution >= 4 is 39.5 Å². The fourth-order valence-corrected chi connectivity index (χ4v) is 4.81. The summed E-state index contributed by atoms with van der Waals surface area (Å²) in [6.07, 6.45) is 4.74. The number of anilines is 1. The van der Waals surface area contributed by atoms with Gasteiger partial charge in [-0.15, -0.1) is 0 Å². The third-order valence-electron chi connectivity index (χ3n) is 6.65. The Balaban J connectivity index is 0.000000840. The molecule has 0 spiro atoms. The number of halogens is 1. The number of ether oxygens (including phenoxy) is 1. The van der Waals surface area contributed by atoms with Gasteiger partial charge < -0.3 is 25.2 Å². The van der Waals surface area contributed by atoms with Crippen molar-refractivity contribution in [2.75, 3.05) is 59.2 Å². The van der Waals surface area contributed by atoms with Gasteiger partial charge in [0, 0.05) is 61.2 Å². The first-order chi connectivity index (χ1) is 17.4. The number of amides is 2. The van der Waals surface area contributed by atoms with E-state index in [-0.39, 0.29) is 11.9 Å². The van der Waals surface area contributed by atoms with Crippen molar-refractivity contribution in [1.29, 1.82) is 0 Å². The summed E-state index contributed by atoms with van der Waals surface area (Å²) in [7, 11) is 3.77. The molecule has 0 radical (unpaired) electrons. The fraction of sp³-hybridized carbons (Fsp3) is 0.429. The highest BCUT2D eigenvalue weighted by atomic mass is 79.9. The van der Waals surface area contributed by atoms with Gasteiger partial charge in [0.1, 0.15) is 0 Å². The number of rotatable bonds is 5. The molecule has 1 atom stereocenters. The first-order valence-corrected chi connectivity index (χ1v) is 13.2. The van der Waals surface area contributed by atoms with E-state index in [1.807, 2.05) is 54.3 Å². The quantitative estimate of drug-likeness (QED) is 0.434. The van der Waals surface area contributed by atoms with Crippen LogP contribution in [0.15, 0.2) is 53.0 Å². The number of nitrogens with zero attached hydrogens (tertiary/aromatic N) is 3. The lowest BCUT2D eigenvalue weighted by atomic mass is 9.91. The van der Waals surface area contributed by atoms with Gasteiger partial charge in [-0.1, -0.05) is 34.1 Å². The van der Waals surface area contributed by atoms with E-state index in [1.165, 1.54) is 0 Å². The number of benzene rings is 2. The molecule has 2 amide bonds. The van der Waals surface area contributed by atoms with Crippen molar-refractivity contribution in [2.45, 2.75) is 25.8 Å². The SMILES string of the molecule is CCOC.CN1CCCN(C(=O)c2ccc(C3C=C(c4cc(Br)ccc4N)CCN3C=O)cc2)CC1. The molecule has 2 aliphatic heterocycles. The zero-order valence-electron chi connectivity index (χ0n) is 21.5. The van der Waals surface area contributed by atoms with Crippen LogP contribution in [-0.2, 0) is 9.53 Å². The Hall–Kier alpha value is -2.68. The second kappa shape index (κ2) is 13.6. The van der Waals surface area contributed by atoms with Crippen LogP contribution < -0.4 is 5.73 Å². The summed E-state index contributed by atoms with van der Waals surface area (Å²) in [5, 5.41) is 0. The van der Waals surface area contributed by atoms with Gasteiger partial charge in [0.2, 0.25) is 6.41 Å². The lowest BCUT2D eigenvalue weighted by Crippen LogP contribution is -2.34. The summed E-state index contributed by atoms with van der Waals surface area (Å²) in [5.74, 6) is 0.0703. The summed E-state index contributed by atoms with van der Waals surface area (Å²) < 4.78 is 5.51. The van der Waals surface area contributed by atoms with E-state index in [0.717, 1.165) is 78.9 Å². The highest BCUT2D eigenvalue weighted by molar-refractivity contribution is 9.10. The maximum Gasteiger partial charge on any atom is 0.253 e. The Morgan fingerprint density at radius 1 is 1.11 bits per heavy atom. The third-order valence-corrected chi connectivity index (χ3v) is 7.14. The lowest BCUT2D eigenvalue weighted by Gasteiger charge is -2.32. The second-order valence-corrected chi connectivity index (χ2v) is 10.0. The van der Waals surface area contributed by atoms with Crippen LogP contribution in [0.2, 0.25) is 0 Å². The van der Waals surface area contributed by atoms with Gasteiger partial charge in [0.05, 0.1) is 6.04 Å². The summed E-state index contributed by atoms with van der Waals surface area (Å²) in [6.45, 7) is 6.84. The summed E-state index contributed by atoms with van der Waals surface area (Å²) >= 11 is 3.52. The molecule has 0 bridgehead atoms. The average Bonchev–Trinajstić information content (AvgIpc) is 3.13. The Labute approximate surface area is 223 Å². The molecule has 1 unspecified atom stereocenters. The number of hydrogen-bond donors (Lipinski definition) is 1. The maximum atomic E-state index is 13.0. The van der Waals surface area contributed by atoms with Gasteiger partial charge in [0.25, 0.3) is 5.91 Å². The van der Waals surface area contributed by atoms with Gasteiger partial charge >= 0.3 is 0 Å². The van der Waals surface area contributed by atoms with E-state index in [9.17, 15) is 9.59 Å². The van der Waals surface area contributed by atoms with E-state index in [2.05, 4.69) is 38.7 Å². The molecule has 194 valence electrons.